The topological polar surface area (TPSA) is 64.9 Å². The third-order valence-corrected chi connectivity index (χ3v) is 2.85. The van der Waals surface area contributed by atoms with E-state index in [0.29, 0.717) is 22.8 Å². The summed E-state index contributed by atoms with van der Waals surface area (Å²) in [6, 6.07) is 6.78. The van der Waals surface area contributed by atoms with E-state index >= 15 is 0 Å². The van der Waals surface area contributed by atoms with Crippen molar-refractivity contribution in [2.45, 2.75) is 26.3 Å². The average Bonchev–Trinajstić information content (AvgIpc) is 2.29. The highest BCUT2D eigenvalue weighted by molar-refractivity contribution is 6.32. The van der Waals surface area contributed by atoms with Gasteiger partial charge in [-0.15, -0.1) is 0 Å². The number of benzene rings is 1. The molecule has 0 aromatic heterocycles. The summed E-state index contributed by atoms with van der Waals surface area (Å²) in [6.45, 7) is 6.25. The van der Waals surface area contributed by atoms with Gasteiger partial charge in [0.05, 0.1) is 16.1 Å². The van der Waals surface area contributed by atoms with Crippen LogP contribution in [-0.4, -0.2) is 18.0 Å². The summed E-state index contributed by atoms with van der Waals surface area (Å²) in [6.07, 6.45) is 0. The maximum absolute atomic E-state index is 12.0. The number of halogens is 1. The molecule has 2 N–H and O–H groups in total. The second kappa shape index (κ2) is 5.85. The minimum atomic E-state index is -0.658. The Morgan fingerprint density at radius 1 is 1.50 bits per heavy atom. The van der Waals surface area contributed by atoms with Gasteiger partial charge in [-0.2, -0.15) is 5.26 Å². The Labute approximate surface area is 112 Å². The zero-order valence-corrected chi connectivity index (χ0v) is 11.4. The number of nitriles is 1. The minimum Gasteiger partial charge on any atom is -0.324 e. The Bertz CT molecular complexity index is 491. The standard InChI is InChI=1S/C13H16ClN3O/c1-4-16-13(2,3)12(18)17-10-6-5-9(8-15)11(14)7-10/h5-7,16H,4H2,1-3H3,(H,17,18). The van der Waals surface area contributed by atoms with Crippen LogP contribution in [0.5, 0.6) is 0 Å². The van der Waals surface area contributed by atoms with Crippen molar-refractivity contribution in [1.29, 1.82) is 5.26 Å². The van der Waals surface area contributed by atoms with Gasteiger partial charge in [-0.3, -0.25) is 4.79 Å². The Morgan fingerprint density at radius 3 is 2.67 bits per heavy atom. The van der Waals surface area contributed by atoms with E-state index in [-0.39, 0.29) is 5.91 Å². The number of anilines is 1. The highest BCUT2D eigenvalue weighted by atomic mass is 35.5. The number of hydrogen-bond acceptors (Lipinski definition) is 3. The molecule has 96 valence electrons. The number of nitrogens with zero attached hydrogens (tertiary/aromatic N) is 1. The molecule has 5 heteroatoms. The number of carbonyl (C=O) groups is 1. The summed E-state index contributed by atoms with van der Waals surface area (Å²) in [4.78, 5) is 12.0. The number of rotatable bonds is 4. The van der Waals surface area contributed by atoms with Gasteiger partial charge in [0.15, 0.2) is 0 Å². The number of hydrogen-bond donors (Lipinski definition) is 2. The molecule has 0 saturated carbocycles. The van der Waals surface area contributed by atoms with Crippen molar-refractivity contribution in [3.63, 3.8) is 0 Å². The van der Waals surface area contributed by atoms with Gasteiger partial charge in [0.1, 0.15) is 6.07 Å². The number of nitrogens with one attached hydrogen (secondary N) is 2. The predicted molar refractivity (Wildman–Crippen MR) is 72.6 cm³/mol. The van der Waals surface area contributed by atoms with Gasteiger partial charge in [-0.1, -0.05) is 18.5 Å². The Hall–Kier alpha value is -1.57. The van der Waals surface area contributed by atoms with Crippen LogP contribution < -0.4 is 10.6 Å². The van der Waals surface area contributed by atoms with Crippen molar-refractivity contribution in [1.82, 2.24) is 5.32 Å². The maximum Gasteiger partial charge on any atom is 0.244 e. The Morgan fingerprint density at radius 2 is 2.17 bits per heavy atom. The minimum absolute atomic E-state index is 0.148. The molecule has 0 fully saturated rings. The van der Waals surface area contributed by atoms with Gasteiger partial charge >= 0.3 is 0 Å². The number of carbonyl (C=O) groups excluding carboxylic acids is 1. The summed E-state index contributed by atoms with van der Waals surface area (Å²) in [5.41, 5.74) is 0.311. The molecular weight excluding hydrogens is 250 g/mol. The van der Waals surface area contributed by atoms with E-state index in [9.17, 15) is 4.79 Å². The van der Waals surface area contributed by atoms with E-state index in [1.807, 2.05) is 13.0 Å². The first kappa shape index (κ1) is 14.5. The quantitative estimate of drug-likeness (QED) is 0.879. The fraction of sp³-hybridized carbons (Fsp3) is 0.385. The molecular formula is C13H16ClN3O. The maximum atomic E-state index is 12.0. The molecule has 0 aliphatic rings. The third kappa shape index (κ3) is 3.46. The highest BCUT2D eigenvalue weighted by Gasteiger charge is 2.26. The molecule has 0 bridgehead atoms. The van der Waals surface area contributed by atoms with Crippen LogP contribution in [0.3, 0.4) is 0 Å². The molecule has 0 spiro atoms. The molecule has 0 aliphatic carbocycles. The third-order valence-electron chi connectivity index (χ3n) is 2.53. The molecule has 0 saturated heterocycles. The number of amides is 1. The van der Waals surface area contributed by atoms with E-state index in [1.165, 1.54) is 0 Å². The van der Waals surface area contributed by atoms with Gasteiger partial charge < -0.3 is 10.6 Å². The average molecular weight is 266 g/mol. The molecule has 4 nitrogen and oxygen atoms in total. The van der Waals surface area contributed by atoms with Crippen molar-refractivity contribution in [2.24, 2.45) is 0 Å². The van der Waals surface area contributed by atoms with E-state index < -0.39 is 5.54 Å². The summed E-state index contributed by atoms with van der Waals surface area (Å²) < 4.78 is 0. The summed E-state index contributed by atoms with van der Waals surface area (Å²) in [5, 5.41) is 14.9. The molecule has 1 rings (SSSR count). The van der Waals surface area contributed by atoms with Crippen molar-refractivity contribution < 1.29 is 4.79 Å². The fourth-order valence-corrected chi connectivity index (χ4v) is 1.72. The van der Waals surface area contributed by atoms with Crippen LogP contribution >= 0.6 is 11.6 Å². The largest absolute Gasteiger partial charge is 0.324 e. The second-order valence-electron chi connectivity index (χ2n) is 4.42. The summed E-state index contributed by atoms with van der Waals surface area (Å²) in [7, 11) is 0. The van der Waals surface area contributed by atoms with Crippen LogP contribution in [0.15, 0.2) is 18.2 Å². The van der Waals surface area contributed by atoms with Crippen LogP contribution in [0.25, 0.3) is 0 Å². The Kier molecular flexibility index (Phi) is 4.71. The van der Waals surface area contributed by atoms with Crippen LogP contribution in [-0.2, 0) is 4.79 Å². The van der Waals surface area contributed by atoms with E-state index in [0.717, 1.165) is 0 Å². The first-order valence-corrected chi connectivity index (χ1v) is 6.04. The zero-order valence-electron chi connectivity index (χ0n) is 10.7. The zero-order chi connectivity index (χ0) is 13.8. The van der Waals surface area contributed by atoms with Crippen molar-refractivity contribution >= 4 is 23.2 Å². The Balaban J connectivity index is 2.83. The van der Waals surface area contributed by atoms with Gasteiger partial charge in [-0.25, -0.2) is 0 Å². The van der Waals surface area contributed by atoms with Crippen molar-refractivity contribution in [2.75, 3.05) is 11.9 Å². The summed E-state index contributed by atoms with van der Waals surface area (Å²) >= 11 is 5.90. The van der Waals surface area contributed by atoms with Crippen LogP contribution in [0.4, 0.5) is 5.69 Å². The SMILES string of the molecule is CCNC(C)(C)C(=O)Nc1ccc(C#N)c(Cl)c1. The van der Waals surface area contributed by atoms with Crippen molar-refractivity contribution in [3.8, 4) is 6.07 Å². The van der Waals surface area contributed by atoms with Crippen molar-refractivity contribution in [3.05, 3.63) is 28.8 Å². The molecule has 0 heterocycles. The molecule has 18 heavy (non-hydrogen) atoms. The number of likely N-dealkylation sites (N-methyl/N-ethyl adjacent to an activating group) is 1. The van der Waals surface area contributed by atoms with E-state index in [4.69, 9.17) is 16.9 Å². The lowest BCUT2D eigenvalue weighted by Crippen LogP contribution is -2.49. The molecule has 1 amide bonds. The lowest BCUT2D eigenvalue weighted by Gasteiger charge is -2.24. The molecule has 0 atom stereocenters. The highest BCUT2D eigenvalue weighted by Crippen LogP contribution is 2.21. The molecule has 1 aromatic rings. The van der Waals surface area contributed by atoms with Crippen LogP contribution in [0.1, 0.15) is 26.3 Å². The smallest absolute Gasteiger partial charge is 0.244 e. The van der Waals surface area contributed by atoms with Gasteiger partial charge in [0.2, 0.25) is 5.91 Å². The monoisotopic (exact) mass is 265 g/mol. The van der Waals surface area contributed by atoms with Gasteiger partial charge in [0.25, 0.3) is 0 Å². The normalized spacial score (nSPS) is 10.8. The first-order valence-electron chi connectivity index (χ1n) is 5.67. The lowest BCUT2D eigenvalue weighted by atomic mass is 10.0. The predicted octanol–water partition coefficient (Wildman–Crippen LogP) is 2.54. The van der Waals surface area contributed by atoms with Crippen LogP contribution in [0.2, 0.25) is 5.02 Å². The van der Waals surface area contributed by atoms with Crippen LogP contribution in [0, 0.1) is 11.3 Å². The van der Waals surface area contributed by atoms with Gasteiger partial charge in [0, 0.05) is 5.69 Å². The van der Waals surface area contributed by atoms with E-state index in [2.05, 4.69) is 10.6 Å². The molecule has 0 unspecified atom stereocenters. The second-order valence-corrected chi connectivity index (χ2v) is 4.82. The van der Waals surface area contributed by atoms with E-state index in [1.54, 1.807) is 32.0 Å². The fourth-order valence-electron chi connectivity index (χ4n) is 1.49. The van der Waals surface area contributed by atoms with Gasteiger partial charge in [-0.05, 0) is 38.6 Å². The molecule has 0 radical (unpaired) electrons. The molecule has 0 aliphatic heterocycles. The first-order chi connectivity index (χ1) is 8.40. The summed E-state index contributed by atoms with van der Waals surface area (Å²) in [5.74, 6) is -0.148. The lowest BCUT2D eigenvalue weighted by molar-refractivity contribution is -0.121. The molecule has 1 aromatic carbocycles.